The van der Waals surface area contributed by atoms with Gasteiger partial charge >= 0.3 is 5.97 Å². The van der Waals surface area contributed by atoms with Crippen LogP contribution in [-0.2, 0) is 14.3 Å². The number of hydrogen-bond acceptors (Lipinski definition) is 5. The van der Waals surface area contributed by atoms with Gasteiger partial charge in [-0.3, -0.25) is 4.79 Å². The van der Waals surface area contributed by atoms with Gasteiger partial charge in [0, 0.05) is 18.6 Å². The van der Waals surface area contributed by atoms with E-state index in [0.29, 0.717) is 0 Å². The van der Waals surface area contributed by atoms with Crippen molar-refractivity contribution in [3.8, 4) is 0 Å². The number of nitrogens with one attached hydrogen (secondary N) is 1. The van der Waals surface area contributed by atoms with Crippen molar-refractivity contribution in [2.45, 2.75) is 44.7 Å². The highest BCUT2D eigenvalue weighted by molar-refractivity contribution is 6.01. The van der Waals surface area contributed by atoms with Crippen LogP contribution in [0.2, 0.25) is 0 Å². The first kappa shape index (κ1) is 14.9. The van der Waals surface area contributed by atoms with E-state index in [1.54, 1.807) is 6.92 Å². The number of nitrogens with two attached hydrogens (primary N) is 1. The van der Waals surface area contributed by atoms with Crippen LogP contribution in [0.3, 0.4) is 0 Å². The first-order chi connectivity index (χ1) is 8.60. The van der Waals surface area contributed by atoms with Crippen LogP contribution < -0.4 is 11.1 Å². The van der Waals surface area contributed by atoms with Crippen LogP contribution in [0.1, 0.15) is 32.6 Å². The minimum atomic E-state index is -1.29. The molecule has 1 fully saturated rings. The Kier molecular flexibility index (Phi) is 6.07. The highest BCUT2D eigenvalue weighted by atomic mass is 16.5. The molecular formula is C12H22N2O4. The first-order valence-electron chi connectivity index (χ1n) is 6.43. The van der Waals surface area contributed by atoms with Crippen molar-refractivity contribution in [2.75, 3.05) is 13.2 Å². The van der Waals surface area contributed by atoms with Crippen LogP contribution in [0.15, 0.2) is 0 Å². The standard InChI is InChI=1S/C12H22N2O4/c1-2-18-12(17)10(13)11(16)14-9-6-4-3-5-8(9)7-15/h8-10,15H,2-7,13H2,1H3,(H,14,16). The highest BCUT2D eigenvalue weighted by Gasteiger charge is 2.30. The van der Waals surface area contributed by atoms with Gasteiger partial charge in [0.15, 0.2) is 6.04 Å². The molecular weight excluding hydrogens is 236 g/mol. The van der Waals surface area contributed by atoms with Gasteiger partial charge in [0.25, 0.3) is 0 Å². The second-order valence-electron chi connectivity index (χ2n) is 4.57. The Morgan fingerprint density at radius 3 is 2.72 bits per heavy atom. The molecule has 0 saturated heterocycles. The van der Waals surface area contributed by atoms with E-state index in [4.69, 9.17) is 10.5 Å². The Morgan fingerprint density at radius 1 is 1.44 bits per heavy atom. The third kappa shape index (κ3) is 3.96. The second-order valence-corrected chi connectivity index (χ2v) is 4.57. The summed E-state index contributed by atoms with van der Waals surface area (Å²) in [6, 6.07) is -1.39. The smallest absolute Gasteiger partial charge is 0.332 e. The van der Waals surface area contributed by atoms with Crippen molar-refractivity contribution in [3.63, 3.8) is 0 Å². The monoisotopic (exact) mass is 258 g/mol. The molecule has 0 aromatic heterocycles. The molecule has 1 rings (SSSR count). The second kappa shape index (κ2) is 7.33. The summed E-state index contributed by atoms with van der Waals surface area (Å²) in [6.07, 6.45) is 3.76. The molecule has 0 bridgehead atoms. The Labute approximate surface area is 107 Å². The molecule has 0 aromatic rings. The molecule has 3 atom stereocenters. The van der Waals surface area contributed by atoms with Crippen molar-refractivity contribution in [1.82, 2.24) is 5.32 Å². The predicted octanol–water partition coefficient (Wildman–Crippen LogP) is -0.456. The minimum Gasteiger partial charge on any atom is -0.464 e. The molecule has 1 amide bonds. The Hall–Kier alpha value is -1.14. The van der Waals surface area contributed by atoms with E-state index in [-0.39, 0.29) is 25.2 Å². The van der Waals surface area contributed by atoms with Crippen LogP contribution in [0, 0.1) is 5.92 Å². The van der Waals surface area contributed by atoms with Gasteiger partial charge in [-0.05, 0) is 19.8 Å². The Balaban J connectivity index is 2.49. The summed E-state index contributed by atoms with van der Waals surface area (Å²) < 4.78 is 4.69. The minimum absolute atomic E-state index is 0.0413. The van der Waals surface area contributed by atoms with Crippen molar-refractivity contribution < 1.29 is 19.4 Å². The van der Waals surface area contributed by atoms with Crippen LogP contribution in [0.25, 0.3) is 0 Å². The topological polar surface area (TPSA) is 102 Å². The number of aliphatic hydroxyl groups excluding tert-OH is 1. The third-order valence-corrected chi connectivity index (χ3v) is 3.29. The number of rotatable bonds is 5. The summed E-state index contributed by atoms with van der Waals surface area (Å²) in [6.45, 7) is 1.90. The number of hydrogen-bond donors (Lipinski definition) is 3. The lowest BCUT2D eigenvalue weighted by Gasteiger charge is -2.31. The molecule has 3 unspecified atom stereocenters. The maximum Gasteiger partial charge on any atom is 0.332 e. The molecule has 0 aromatic carbocycles. The normalized spacial score (nSPS) is 25.3. The average molecular weight is 258 g/mol. The molecule has 0 radical (unpaired) electrons. The summed E-state index contributed by atoms with van der Waals surface area (Å²) in [5, 5.41) is 12.0. The molecule has 6 nitrogen and oxygen atoms in total. The third-order valence-electron chi connectivity index (χ3n) is 3.29. The van der Waals surface area contributed by atoms with Crippen molar-refractivity contribution >= 4 is 11.9 Å². The fraction of sp³-hybridized carbons (Fsp3) is 0.833. The summed E-state index contributed by atoms with van der Waals surface area (Å²) in [4.78, 5) is 23.1. The summed E-state index contributed by atoms with van der Waals surface area (Å²) in [5.74, 6) is -1.19. The maximum absolute atomic E-state index is 11.8. The van der Waals surface area contributed by atoms with Gasteiger partial charge in [0.05, 0.1) is 6.61 Å². The molecule has 4 N–H and O–H groups in total. The summed E-state index contributed by atoms with van der Waals surface area (Å²) >= 11 is 0. The van der Waals surface area contributed by atoms with Gasteiger partial charge in [0.1, 0.15) is 0 Å². The van der Waals surface area contributed by atoms with Crippen molar-refractivity contribution in [3.05, 3.63) is 0 Å². The number of amides is 1. The molecule has 6 heteroatoms. The van der Waals surface area contributed by atoms with E-state index in [1.807, 2.05) is 0 Å². The Morgan fingerprint density at radius 2 is 2.11 bits per heavy atom. The van der Waals surface area contributed by atoms with Crippen LogP contribution in [-0.4, -0.2) is 42.3 Å². The van der Waals surface area contributed by atoms with Crippen molar-refractivity contribution in [2.24, 2.45) is 11.7 Å². The molecule has 1 aliphatic rings. The molecule has 1 saturated carbocycles. The molecule has 0 spiro atoms. The lowest BCUT2D eigenvalue weighted by molar-refractivity contribution is -0.148. The zero-order valence-corrected chi connectivity index (χ0v) is 10.7. The number of ether oxygens (including phenoxy) is 1. The highest BCUT2D eigenvalue weighted by Crippen LogP contribution is 2.23. The van der Waals surface area contributed by atoms with E-state index in [2.05, 4.69) is 5.32 Å². The zero-order chi connectivity index (χ0) is 13.5. The SMILES string of the molecule is CCOC(=O)C(N)C(=O)NC1CCCCC1CO. The average Bonchev–Trinajstić information content (AvgIpc) is 2.38. The molecule has 0 heterocycles. The number of carbonyl (C=O) groups is 2. The van der Waals surface area contributed by atoms with Crippen LogP contribution >= 0.6 is 0 Å². The summed E-state index contributed by atoms with van der Waals surface area (Å²) in [7, 11) is 0. The van der Waals surface area contributed by atoms with Gasteiger partial charge < -0.3 is 20.9 Å². The first-order valence-corrected chi connectivity index (χ1v) is 6.43. The lowest BCUT2D eigenvalue weighted by Crippen LogP contribution is -2.52. The quantitative estimate of drug-likeness (QED) is 0.458. The van der Waals surface area contributed by atoms with E-state index in [1.165, 1.54) is 0 Å². The fourth-order valence-electron chi connectivity index (χ4n) is 2.23. The van der Waals surface area contributed by atoms with Gasteiger partial charge in [-0.15, -0.1) is 0 Å². The Bertz CT molecular complexity index is 296. The van der Waals surface area contributed by atoms with Gasteiger partial charge in [-0.25, -0.2) is 4.79 Å². The lowest BCUT2D eigenvalue weighted by atomic mass is 9.85. The van der Waals surface area contributed by atoms with Gasteiger partial charge in [-0.1, -0.05) is 12.8 Å². The largest absolute Gasteiger partial charge is 0.464 e. The summed E-state index contributed by atoms with van der Waals surface area (Å²) in [5.41, 5.74) is 5.50. The molecule has 104 valence electrons. The predicted molar refractivity (Wildman–Crippen MR) is 65.6 cm³/mol. The maximum atomic E-state index is 11.8. The number of aliphatic hydroxyl groups is 1. The van der Waals surface area contributed by atoms with Crippen LogP contribution in [0.4, 0.5) is 0 Å². The number of carbonyl (C=O) groups excluding carboxylic acids is 2. The zero-order valence-electron chi connectivity index (χ0n) is 10.7. The molecule has 0 aliphatic heterocycles. The fourth-order valence-corrected chi connectivity index (χ4v) is 2.23. The van der Waals surface area contributed by atoms with E-state index >= 15 is 0 Å². The van der Waals surface area contributed by atoms with E-state index in [0.717, 1.165) is 25.7 Å². The van der Waals surface area contributed by atoms with Crippen molar-refractivity contribution in [1.29, 1.82) is 0 Å². The molecule has 1 aliphatic carbocycles. The number of esters is 1. The van der Waals surface area contributed by atoms with E-state index < -0.39 is 17.9 Å². The molecule has 18 heavy (non-hydrogen) atoms. The van der Waals surface area contributed by atoms with Gasteiger partial charge in [-0.2, -0.15) is 0 Å². The van der Waals surface area contributed by atoms with E-state index in [9.17, 15) is 14.7 Å². The van der Waals surface area contributed by atoms with Gasteiger partial charge in [0.2, 0.25) is 5.91 Å². The van der Waals surface area contributed by atoms with Crippen LogP contribution in [0.5, 0.6) is 0 Å².